The van der Waals surface area contributed by atoms with Gasteiger partial charge in [-0.2, -0.15) is 0 Å². The Hall–Kier alpha value is -2.90. The predicted molar refractivity (Wildman–Crippen MR) is 76.7 cm³/mol. The van der Waals surface area contributed by atoms with Gasteiger partial charge in [0, 0.05) is 13.1 Å². The van der Waals surface area contributed by atoms with Gasteiger partial charge in [0.05, 0.1) is 29.9 Å². The molecule has 110 valence electrons. The summed E-state index contributed by atoms with van der Waals surface area (Å²) in [5, 5.41) is 16.3. The van der Waals surface area contributed by atoms with Gasteiger partial charge in [-0.1, -0.05) is 0 Å². The van der Waals surface area contributed by atoms with E-state index >= 15 is 0 Å². The molecule has 2 rings (SSSR count). The monoisotopic (exact) mass is 292 g/mol. The number of anilines is 3. The highest BCUT2D eigenvalue weighted by atomic mass is 19.1. The second kappa shape index (κ2) is 6.04. The van der Waals surface area contributed by atoms with Crippen LogP contribution in [0.1, 0.15) is 0 Å². The molecule has 0 spiro atoms. The van der Waals surface area contributed by atoms with Crippen molar-refractivity contribution in [3.8, 4) is 5.75 Å². The topological polar surface area (TPSA) is 89.3 Å². The van der Waals surface area contributed by atoms with E-state index in [9.17, 15) is 14.5 Å². The molecule has 0 aliphatic rings. The number of pyridine rings is 1. The molecule has 1 aromatic carbocycles. The van der Waals surface area contributed by atoms with E-state index in [1.807, 2.05) is 0 Å². The van der Waals surface area contributed by atoms with Crippen molar-refractivity contribution < 1.29 is 14.1 Å². The maximum atomic E-state index is 13.7. The lowest BCUT2D eigenvalue weighted by Crippen LogP contribution is -2.01. The number of rotatable bonds is 5. The average molecular weight is 292 g/mol. The molecular formula is C13H13FN4O3. The standard InChI is InChI=1S/C13H13FN4O3/c1-15-12-5-8(18(19)20)6-13(17-12)16-11-7-9(21-2)3-4-10(11)14/h3-7H,1-2H3,(H2,15,16,17). The molecule has 0 amide bonds. The fourth-order valence-electron chi connectivity index (χ4n) is 1.68. The Morgan fingerprint density at radius 2 is 2.00 bits per heavy atom. The summed E-state index contributed by atoms with van der Waals surface area (Å²) in [6, 6.07) is 6.65. The number of hydrogen-bond donors (Lipinski definition) is 2. The minimum Gasteiger partial charge on any atom is -0.497 e. The molecule has 0 fully saturated rings. The first-order valence-electron chi connectivity index (χ1n) is 5.98. The molecule has 0 saturated heterocycles. The Bertz CT molecular complexity index is 678. The van der Waals surface area contributed by atoms with E-state index in [-0.39, 0.29) is 17.2 Å². The molecule has 0 aliphatic heterocycles. The van der Waals surface area contributed by atoms with Crippen molar-refractivity contribution in [3.63, 3.8) is 0 Å². The van der Waals surface area contributed by atoms with Gasteiger partial charge in [-0.15, -0.1) is 0 Å². The van der Waals surface area contributed by atoms with Gasteiger partial charge in [0.2, 0.25) is 0 Å². The van der Waals surface area contributed by atoms with E-state index in [1.165, 1.54) is 37.4 Å². The molecule has 0 unspecified atom stereocenters. The first-order chi connectivity index (χ1) is 10.0. The summed E-state index contributed by atoms with van der Waals surface area (Å²) < 4.78 is 18.7. The summed E-state index contributed by atoms with van der Waals surface area (Å²) in [5.74, 6) is 0.393. The summed E-state index contributed by atoms with van der Waals surface area (Å²) in [5.41, 5.74) is -0.0374. The summed E-state index contributed by atoms with van der Waals surface area (Å²) in [4.78, 5) is 14.4. The zero-order valence-electron chi connectivity index (χ0n) is 11.4. The average Bonchev–Trinajstić information content (AvgIpc) is 2.49. The molecular weight excluding hydrogens is 279 g/mol. The van der Waals surface area contributed by atoms with Gasteiger partial charge < -0.3 is 15.4 Å². The van der Waals surface area contributed by atoms with Crippen molar-refractivity contribution in [1.82, 2.24) is 4.98 Å². The molecule has 1 heterocycles. The third-order valence-corrected chi connectivity index (χ3v) is 2.71. The van der Waals surface area contributed by atoms with Gasteiger partial charge in [-0.05, 0) is 12.1 Å². The lowest BCUT2D eigenvalue weighted by molar-refractivity contribution is -0.384. The molecule has 2 N–H and O–H groups in total. The fourth-order valence-corrected chi connectivity index (χ4v) is 1.68. The number of hydrogen-bond acceptors (Lipinski definition) is 6. The van der Waals surface area contributed by atoms with Gasteiger partial charge >= 0.3 is 0 Å². The lowest BCUT2D eigenvalue weighted by Gasteiger charge is -2.10. The summed E-state index contributed by atoms with van der Waals surface area (Å²) >= 11 is 0. The summed E-state index contributed by atoms with van der Waals surface area (Å²) in [6.07, 6.45) is 0. The van der Waals surface area contributed by atoms with E-state index in [2.05, 4.69) is 15.6 Å². The van der Waals surface area contributed by atoms with Gasteiger partial charge in [-0.3, -0.25) is 10.1 Å². The Kier molecular flexibility index (Phi) is 4.17. The predicted octanol–water partition coefficient (Wildman–Crippen LogP) is 2.92. The summed E-state index contributed by atoms with van der Waals surface area (Å²) in [6.45, 7) is 0. The normalized spacial score (nSPS) is 10.0. The molecule has 21 heavy (non-hydrogen) atoms. The minimum absolute atomic E-state index is 0.115. The highest BCUT2D eigenvalue weighted by molar-refractivity contribution is 5.63. The van der Waals surface area contributed by atoms with Crippen molar-refractivity contribution in [3.05, 3.63) is 46.3 Å². The maximum absolute atomic E-state index is 13.7. The fraction of sp³-hybridized carbons (Fsp3) is 0.154. The number of nitro groups is 1. The molecule has 2 aromatic rings. The second-order valence-corrected chi connectivity index (χ2v) is 4.07. The number of aromatic nitrogens is 1. The third kappa shape index (κ3) is 3.35. The van der Waals surface area contributed by atoms with Crippen molar-refractivity contribution in [2.45, 2.75) is 0 Å². The van der Waals surface area contributed by atoms with Gasteiger partial charge in [0.25, 0.3) is 5.69 Å². The van der Waals surface area contributed by atoms with E-state index in [0.717, 1.165) is 0 Å². The molecule has 0 radical (unpaired) electrons. The van der Waals surface area contributed by atoms with Crippen LogP contribution in [0, 0.1) is 15.9 Å². The number of ether oxygens (including phenoxy) is 1. The quantitative estimate of drug-likeness (QED) is 0.650. The highest BCUT2D eigenvalue weighted by Crippen LogP contribution is 2.27. The molecule has 0 saturated carbocycles. The first kappa shape index (κ1) is 14.5. The Morgan fingerprint density at radius 1 is 1.29 bits per heavy atom. The minimum atomic E-state index is -0.546. The smallest absolute Gasteiger partial charge is 0.276 e. The maximum Gasteiger partial charge on any atom is 0.276 e. The highest BCUT2D eigenvalue weighted by Gasteiger charge is 2.12. The number of benzene rings is 1. The number of nitrogens with zero attached hydrogens (tertiary/aromatic N) is 2. The molecule has 1 aromatic heterocycles. The Balaban J connectivity index is 2.39. The third-order valence-electron chi connectivity index (χ3n) is 2.71. The van der Waals surface area contributed by atoms with E-state index in [0.29, 0.717) is 11.6 Å². The molecule has 0 bridgehead atoms. The van der Waals surface area contributed by atoms with Crippen LogP contribution in [0.2, 0.25) is 0 Å². The van der Waals surface area contributed by atoms with Crippen LogP contribution < -0.4 is 15.4 Å². The van der Waals surface area contributed by atoms with Crippen LogP contribution in [0.3, 0.4) is 0 Å². The Labute approximate surface area is 119 Å². The zero-order valence-corrected chi connectivity index (χ0v) is 11.4. The molecule has 8 heteroatoms. The van der Waals surface area contributed by atoms with E-state index in [4.69, 9.17) is 4.74 Å². The second-order valence-electron chi connectivity index (χ2n) is 4.07. The van der Waals surface area contributed by atoms with Crippen molar-refractivity contribution >= 4 is 23.0 Å². The zero-order chi connectivity index (χ0) is 15.4. The lowest BCUT2D eigenvalue weighted by atomic mass is 10.2. The van der Waals surface area contributed by atoms with Gasteiger partial charge in [0.15, 0.2) is 0 Å². The molecule has 0 atom stereocenters. The first-order valence-corrected chi connectivity index (χ1v) is 5.98. The van der Waals surface area contributed by atoms with Crippen LogP contribution in [-0.4, -0.2) is 24.1 Å². The molecule has 7 nitrogen and oxygen atoms in total. The van der Waals surface area contributed by atoms with Gasteiger partial charge in [-0.25, -0.2) is 9.37 Å². The van der Waals surface area contributed by atoms with Crippen LogP contribution in [0.4, 0.5) is 27.4 Å². The van der Waals surface area contributed by atoms with Crippen LogP contribution in [0.25, 0.3) is 0 Å². The van der Waals surface area contributed by atoms with Crippen molar-refractivity contribution in [1.29, 1.82) is 0 Å². The number of nitrogens with one attached hydrogen (secondary N) is 2. The van der Waals surface area contributed by atoms with Crippen molar-refractivity contribution in [2.75, 3.05) is 24.8 Å². The summed E-state index contributed by atoms with van der Waals surface area (Å²) in [7, 11) is 3.05. The van der Waals surface area contributed by atoms with Crippen LogP contribution in [0.5, 0.6) is 5.75 Å². The number of halogens is 1. The van der Waals surface area contributed by atoms with Crippen LogP contribution >= 0.6 is 0 Å². The van der Waals surface area contributed by atoms with Crippen molar-refractivity contribution in [2.24, 2.45) is 0 Å². The molecule has 0 aliphatic carbocycles. The van der Waals surface area contributed by atoms with Gasteiger partial charge in [0.1, 0.15) is 23.2 Å². The SMILES string of the molecule is CNc1cc([N+](=O)[O-])cc(Nc2cc(OC)ccc2F)n1. The largest absolute Gasteiger partial charge is 0.497 e. The van der Waals surface area contributed by atoms with Crippen LogP contribution in [0.15, 0.2) is 30.3 Å². The van der Waals surface area contributed by atoms with Crippen LogP contribution in [-0.2, 0) is 0 Å². The number of methoxy groups -OCH3 is 1. The van der Waals surface area contributed by atoms with E-state index in [1.54, 1.807) is 7.05 Å². The van der Waals surface area contributed by atoms with E-state index < -0.39 is 10.7 Å². The Morgan fingerprint density at radius 3 is 2.62 bits per heavy atom.